The van der Waals surface area contributed by atoms with Crippen molar-refractivity contribution in [2.45, 2.75) is 59.8 Å². The minimum Gasteiger partial charge on any atom is -0.298 e. The lowest BCUT2D eigenvalue weighted by Crippen LogP contribution is -1.93. The summed E-state index contributed by atoms with van der Waals surface area (Å²) in [6, 6.07) is 0. The zero-order valence-electron chi connectivity index (χ0n) is 11.3. The van der Waals surface area contributed by atoms with Gasteiger partial charge in [-0.15, -0.1) is 0 Å². The minimum absolute atomic E-state index is 0.790. The van der Waals surface area contributed by atoms with Crippen LogP contribution in [0.1, 0.15) is 59.8 Å². The first-order chi connectivity index (χ1) is 7.60. The molecule has 0 heterocycles. The molecule has 0 rings (SSSR count). The van der Waals surface area contributed by atoms with Crippen LogP contribution in [0.2, 0.25) is 0 Å². The number of carbonyl (C=O) groups is 1. The van der Waals surface area contributed by atoms with E-state index in [9.17, 15) is 4.79 Å². The summed E-state index contributed by atoms with van der Waals surface area (Å²) in [6.45, 7) is 8.55. The molecule has 1 nitrogen and oxygen atoms in total. The van der Waals surface area contributed by atoms with E-state index in [-0.39, 0.29) is 0 Å². The monoisotopic (exact) mass is 222 g/mol. The molecule has 0 amide bonds. The second-order valence-electron chi connectivity index (χ2n) is 4.83. The van der Waals surface area contributed by atoms with Gasteiger partial charge < -0.3 is 0 Å². The Balaban J connectivity index is 3.80. The van der Waals surface area contributed by atoms with Gasteiger partial charge in [0.1, 0.15) is 6.29 Å². The topological polar surface area (TPSA) is 17.1 Å². The Morgan fingerprint density at radius 1 is 1.19 bits per heavy atom. The molecule has 0 fully saturated rings. The molecule has 0 aromatic rings. The van der Waals surface area contributed by atoms with Crippen molar-refractivity contribution in [3.8, 4) is 0 Å². The van der Waals surface area contributed by atoms with Crippen LogP contribution in [0.4, 0.5) is 0 Å². The number of aldehydes is 1. The van der Waals surface area contributed by atoms with Crippen LogP contribution >= 0.6 is 0 Å². The largest absolute Gasteiger partial charge is 0.298 e. The fraction of sp³-hybridized carbons (Fsp3) is 0.667. The van der Waals surface area contributed by atoms with Crippen molar-refractivity contribution in [1.29, 1.82) is 0 Å². The molecule has 1 unspecified atom stereocenters. The molecule has 0 aliphatic heterocycles. The number of carbonyl (C=O) groups excluding carboxylic acids is 1. The lowest BCUT2D eigenvalue weighted by atomic mass is 9.97. The molecule has 0 saturated carbocycles. The summed E-state index contributed by atoms with van der Waals surface area (Å²) < 4.78 is 0. The van der Waals surface area contributed by atoms with Gasteiger partial charge in [-0.1, -0.05) is 50.8 Å². The molecule has 0 aromatic carbocycles. The third-order valence-electron chi connectivity index (χ3n) is 2.87. The Morgan fingerprint density at radius 2 is 1.88 bits per heavy atom. The molecule has 0 aromatic heterocycles. The fourth-order valence-electron chi connectivity index (χ4n) is 1.76. The van der Waals surface area contributed by atoms with Gasteiger partial charge in [-0.25, -0.2) is 0 Å². The van der Waals surface area contributed by atoms with Crippen LogP contribution in [0.3, 0.4) is 0 Å². The maximum Gasteiger partial charge on any atom is 0.145 e. The normalized spacial score (nSPS) is 15.0. The minimum atomic E-state index is 0.790. The van der Waals surface area contributed by atoms with Gasteiger partial charge in [0.2, 0.25) is 0 Å². The maximum atomic E-state index is 10.4. The van der Waals surface area contributed by atoms with E-state index in [4.69, 9.17) is 0 Å². The first kappa shape index (κ1) is 15.2. The van der Waals surface area contributed by atoms with Crippen LogP contribution in [-0.4, -0.2) is 6.29 Å². The smallest absolute Gasteiger partial charge is 0.145 e. The highest BCUT2D eigenvalue weighted by Crippen LogP contribution is 2.16. The molecule has 0 aliphatic carbocycles. The predicted octanol–water partition coefficient (Wildman–Crippen LogP) is 4.68. The fourth-order valence-corrected chi connectivity index (χ4v) is 1.76. The second kappa shape index (κ2) is 9.38. The van der Waals surface area contributed by atoms with Crippen LogP contribution in [0, 0.1) is 5.92 Å². The molecule has 0 saturated heterocycles. The first-order valence-electron chi connectivity index (χ1n) is 6.39. The van der Waals surface area contributed by atoms with E-state index in [1.165, 1.54) is 31.3 Å². The molecule has 1 heteroatoms. The van der Waals surface area contributed by atoms with Gasteiger partial charge in [0.15, 0.2) is 0 Å². The summed E-state index contributed by atoms with van der Waals surface area (Å²) in [6.07, 6.45) is 11.2. The predicted molar refractivity (Wildman–Crippen MR) is 71.5 cm³/mol. The van der Waals surface area contributed by atoms with Gasteiger partial charge in [-0.05, 0) is 38.2 Å². The Morgan fingerprint density at radius 3 is 2.44 bits per heavy atom. The van der Waals surface area contributed by atoms with Gasteiger partial charge in [0.25, 0.3) is 0 Å². The van der Waals surface area contributed by atoms with Crippen LogP contribution < -0.4 is 0 Å². The zero-order chi connectivity index (χ0) is 12.4. The standard InChI is InChI=1S/C15H26O/c1-5-7-13(2)8-6-9-14(3)10-11-15(4)12-16/h10-13H,5-9H2,1-4H3. The molecule has 0 N–H and O–H groups in total. The Kier molecular flexibility index (Phi) is 8.88. The zero-order valence-corrected chi connectivity index (χ0v) is 11.3. The van der Waals surface area contributed by atoms with Crippen LogP contribution in [0.25, 0.3) is 0 Å². The molecule has 0 radical (unpaired) electrons. The van der Waals surface area contributed by atoms with E-state index in [1.54, 1.807) is 0 Å². The van der Waals surface area contributed by atoms with Crippen molar-refractivity contribution in [2.75, 3.05) is 0 Å². The van der Waals surface area contributed by atoms with Crippen LogP contribution in [-0.2, 0) is 4.79 Å². The van der Waals surface area contributed by atoms with Gasteiger partial charge >= 0.3 is 0 Å². The van der Waals surface area contributed by atoms with Gasteiger partial charge in [0, 0.05) is 0 Å². The van der Waals surface area contributed by atoms with Crippen molar-refractivity contribution < 1.29 is 4.79 Å². The molecule has 92 valence electrons. The van der Waals surface area contributed by atoms with Crippen molar-refractivity contribution in [3.05, 3.63) is 23.3 Å². The SMILES string of the molecule is CCCC(C)CCCC(C)=CC=C(C)C=O. The van der Waals surface area contributed by atoms with Crippen LogP contribution in [0.15, 0.2) is 23.3 Å². The van der Waals surface area contributed by atoms with Gasteiger partial charge in [-0.3, -0.25) is 4.79 Å². The molecular formula is C15H26O. The van der Waals surface area contributed by atoms with E-state index in [0.717, 1.165) is 24.2 Å². The Labute approximate surface area is 101 Å². The number of hydrogen-bond acceptors (Lipinski definition) is 1. The Hall–Kier alpha value is -0.850. The summed E-state index contributed by atoms with van der Waals surface area (Å²) in [7, 11) is 0. The molecule has 0 bridgehead atoms. The van der Waals surface area contributed by atoms with E-state index in [1.807, 2.05) is 13.0 Å². The average molecular weight is 222 g/mol. The summed E-state index contributed by atoms with van der Waals surface area (Å²) in [5, 5.41) is 0. The van der Waals surface area contributed by atoms with Crippen molar-refractivity contribution in [3.63, 3.8) is 0 Å². The number of rotatable bonds is 8. The van der Waals surface area contributed by atoms with Crippen LogP contribution in [0.5, 0.6) is 0 Å². The van der Waals surface area contributed by atoms with Crippen molar-refractivity contribution in [1.82, 2.24) is 0 Å². The quantitative estimate of drug-likeness (QED) is 0.331. The summed E-state index contributed by atoms with van der Waals surface area (Å²) in [5.74, 6) is 0.852. The average Bonchev–Trinajstić information content (AvgIpc) is 2.26. The summed E-state index contributed by atoms with van der Waals surface area (Å²) in [5.41, 5.74) is 2.16. The van der Waals surface area contributed by atoms with E-state index in [0.29, 0.717) is 0 Å². The third kappa shape index (κ3) is 8.46. The summed E-state index contributed by atoms with van der Waals surface area (Å²) >= 11 is 0. The second-order valence-corrected chi connectivity index (χ2v) is 4.83. The third-order valence-corrected chi connectivity index (χ3v) is 2.87. The lowest BCUT2D eigenvalue weighted by molar-refractivity contribution is -0.104. The number of allylic oxidation sites excluding steroid dienone is 4. The van der Waals surface area contributed by atoms with Gasteiger partial charge in [0.05, 0.1) is 0 Å². The number of hydrogen-bond donors (Lipinski definition) is 0. The van der Waals surface area contributed by atoms with E-state index < -0.39 is 0 Å². The maximum absolute atomic E-state index is 10.4. The molecule has 16 heavy (non-hydrogen) atoms. The first-order valence-corrected chi connectivity index (χ1v) is 6.39. The van der Waals surface area contributed by atoms with Crippen molar-refractivity contribution >= 4 is 6.29 Å². The molecule has 0 spiro atoms. The van der Waals surface area contributed by atoms with E-state index >= 15 is 0 Å². The van der Waals surface area contributed by atoms with E-state index in [2.05, 4.69) is 26.8 Å². The highest BCUT2D eigenvalue weighted by molar-refractivity contribution is 5.72. The van der Waals surface area contributed by atoms with Crippen molar-refractivity contribution in [2.24, 2.45) is 5.92 Å². The molecule has 0 aliphatic rings. The molecule has 1 atom stereocenters. The molecular weight excluding hydrogens is 196 g/mol. The highest BCUT2D eigenvalue weighted by atomic mass is 16.1. The highest BCUT2D eigenvalue weighted by Gasteiger charge is 2.00. The summed E-state index contributed by atoms with van der Waals surface area (Å²) in [4.78, 5) is 10.4. The van der Waals surface area contributed by atoms with Gasteiger partial charge in [-0.2, -0.15) is 0 Å². The lowest BCUT2D eigenvalue weighted by Gasteiger charge is -2.09. The Bertz CT molecular complexity index is 248.